The number of nitrogens with one attached hydrogen (secondary N) is 2. The van der Waals surface area contributed by atoms with Gasteiger partial charge in [-0.05, 0) is 80.9 Å². The van der Waals surface area contributed by atoms with Gasteiger partial charge in [0.15, 0.2) is 0 Å². The fourth-order valence-corrected chi connectivity index (χ4v) is 9.30. The summed E-state index contributed by atoms with van der Waals surface area (Å²) < 4.78 is 33.2. The SMILES string of the molecule is CC.N[C@H](C(=O)N[C@H]1CCCC[C@@H]1CC[C@H]1CN[C@@H]2CCCS(=O)(=O)N1C2)C(c1ccc(Cl)cc1)C1CCOCC1. The molecular weight excluding hydrogens is 560 g/mol. The first kappa shape index (κ1) is 32.7. The number of sulfonamides is 1. The first-order valence-corrected chi connectivity index (χ1v) is 17.9. The number of hydrogen-bond donors (Lipinski definition) is 3. The summed E-state index contributed by atoms with van der Waals surface area (Å²) in [6, 6.07) is 7.42. The molecule has 0 spiro atoms. The number of rotatable bonds is 8. The summed E-state index contributed by atoms with van der Waals surface area (Å²) in [5.74, 6) is 0.683. The van der Waals surface area contributed by atoms with E-state index in [0.29, 0.717) is 37.2 Å². The lowest BCUT2D eigenvalue weighted by Crippen LogP contribution is -2.57. The predicted molar refractivity (Wildman–Crippen MR) is 165 cm³/mol. The number of piperazine rings is 1. The number of carbonyl (C=O) groups is 1. The van der Waals surface area contributed by atoms with Crippen LogP contribution in [0.15, 0.2) is 24.3 Å². The van der Waals surface area contributed by atoms with Crippen molar-refractivity contribution in [2.75, 3.05) is 32.1 Å². The lowest BCUT2D eigenvalue weighted by molar-refractivity contribution is -0.124. The summed E-state index contributed by atoms with van der Waals surface area (Å²) in [4.78, 5) is 13.7. The van der Waals surface area contributed by atoms with Crippen molar-refractivity contribution in [2.24, 2.45) is 17.6 Å². The molecule has 1 aliphatic carbocycles. The zero-order valence-corrected chi connectivity index (χ0v) is 26.5. The van der Waals surface area contributed by atoms with E-state index in [0.717, 1.165) is 69.8 Å². The number of fused-ring (bicyclic) bond motifs is 2. The van der Waals surface area contributed by atoms with E-state index in [1.54, 1.807) is 4.31 Å². The quantitative estimate of drug-likeness (QED) is 0.401. The number of nitrogens with two attached hydrogens (primary N) is 1. The molecule has 5 rings (SSSR count). The van der Waals surface area contributed by atoms with Crippen LogP contribution in [0, 0.1) is 11.8 Å². The number of hydrogen-bond acceptors (Lipinski definition) is 6. The van der Waals surface area contributed by atoms with Crippen LogP contribution in [0.5, 0.6) is 0 Å². The van der Waals surface area contributed by atoms with Gasteiger partial charge >= 0.3 is 0 Å². The molecule has 10 heteroatoms. The van der Waals surface area contributed by atoms with Crippen LogP contribution in [0.2, 0.25) is 5.02 Å². The van der Waals surface area contributed by atoms with Gasteiger partial charge in [0.1, 0.15) is 0 Å². The van der Waals surface area contributed by atoms with Crippen LogP contribution >= 0.6 is 11.6 Å². The second-order valence-electron chi connectivity index (χ2n) is 12.1. The topological polar surface area (TPSA) is 114 Å². The number of halogens is 1. The monoisotopic (exact) mass is 610 g/mol. The highest BCUT2D eigenvalue weighted by Crippen LogP contribution is 2.36. The average molecular weight is 611 g/mol. The van der Waals surface area contributed by atoms with Crippen LogP contribution in [0.4, 0.5) is 0 Å². The Morgan fingerprint density at radius 2 is 1.78 bits per heavy atom. The minimum atomic E-state index is -3.20. The minimum absolute atomic E-state index is 0.00677. The molecule has 0 radical (unpaired) electrons. The van der Waals surface area contributed by atoms with Gasteiger partial charge in [0.05, 0.1) is 11.8 Å². The van der Waals surface area contributed by atoms with Crippen LogP contribution in [-0.4, -0.2) is 74.9 Å². The highest BCUT2D eigenvalue weighted by atomic mass is 35.5. The molecule has 0 aromatic heterocycles. The van der Waals surface area contributed by atoms with E-state index in [9.17, 15) is 13.2 Å². The fourth-order valence-electron chi connectivity index (χ4n) is 7.37. The average Bonchev–Trinajstić information content (AvgIpc) is 3.11. The maximum atomic E-state index is 13.7. The van der Waals surface area contributed by atoms with E-state index in [1.807, 2.05) is 38.1 Å². The molecule has 1 aromatic rings. The minimum Gasteiger partial charge on any atom is -0.381 e. The molecule has 4 N–H and O–H groups in total. The Balaban J connectivity index is 0.00000189. The zero-order valence-electron chi connectivity index (χ0n) is 24.9. The molecule has 4 fully saturated rings. The first-order chi connectivity index (χ1) is 19.8. The summed E-state index contributed by atoms with van der Waals surface area (Å²) in [5, 5.41) is 7.61. The number of benzene rings is 1. The first-order valence-electron chi connectivity index (χ1n) is 15.9. The summed E-state index contributed by atoms with van der Waals surface area (Å²) in [6.07, 6.45) is 9.37. The smallest absolute Gasteiger partial charge is 0.237 e. The van der Waals surface area contributed by atoms with Gasteiger partial charge in [0.25, 0.3) is 0 Å². The van der Waals surface area contributed by atoms with E-state index in [-0.39, 0.29) is 41.6 Å². The maximum absolute atomic E-state index is 13.7. The molecule has 1 amide bonds. The van der Waals surface area contributed by atoms with Crippen molar-refractivity contribution in [2.45, 2.75) is 108 Å². The van der Waals surface area contributed by atoms with E-state index >= 15 is 0 Å². The normalized spacial score (nSPS) is 31.6. The summed E-state index contributed by atoms with van der Waals surface area (Å²) >= 11 is 6.16. The Hall–Kier alpha value is -1.23. The Morgan fingerprint density at radius 3 is 2.51 bits per heavy atom. The second kappa shape index (κ2) is 15.5. The largest absolute Gasteiger partial charge is 0.381 e. The Bertz CT molecular complexity index is 1070. The Morgan fingerprint density at radius 1 is 1.07 bits per heavy atom. The van der Waals surface area contributed by atoms with Gasteiger partial charge in [-0.2, -0.15) is 4.31 Å². The van der Waals surface area contributed by atoms with Crippen LogP contribution in [0.3, 0.4) is 0 Å². The van der Waals surface area contributed by atoms with Gasteiger partial charge in [-0.3, -0.25) is 4.79 Å². The van der Waals surface area contributed by atoms with Crippen molar-refractivity contribution in [3.8, 4) is 0 Å². The van der Waals surface area contributed by atoms with Gasteiger partial charge in [0.2, 0.25) is 15.9 Å². The highest BCUT2D eigenvalue weighted by Gasteiger charge is 2.39. The van der Waals surface area contributed by atoms with E-state index in [2.05, 4.69) is 10.6 Å². The van der Waals surface area contributed by atoms with E-state index in [1.165, 1.54) is 0 Å². The summed E-state index contributed by atoms with van der Waals surface area (Å²) in [5.41, 5.74) is 7.80. The van der Waals surface area contributed by atoms with Crippen molar-refractivity contribution in [1.29, 1.82) is 0 Å². The lowest BCUT2D eigenvalue weighted by atomic mass is 9.76. The molecule has 232 valence electrons. The molecule has 3 saturated heterocycles. The Labute approximate surface area is 252 Å². The highest BCUT2D eigenvalue weighted by molar-refractivity contribution is 7.89. The molecule has 1 aromatic carbocycles. The number of nitrogens with zero attached hydrogens (tertiary/aromatic N) is 1. The van der Waals surface area contributed by atoms with Gasteiger partial charge in [-0.1, -0.05) is 50.4 Å². The van der Waals surface area contributed by atoms with Crippen LogP contribution in [0.1, 0.15) is 89.5 Å². The van der Waals surface area contributed by atoms with Gasteiger partial charge in [-0.15, -0.1) is 0 Å². The summed E-state index contributed by atoms with van der Waals surface area (Å²) in [6.45, 7) is 6.69. The van der Waals surface area contributed by atoms with E-state index < -0.39 is 16.1 Å². The maximum Gasteiger partial charge on any atom is 0.237 e. The van der Waals surface area contributed by atoms with Gasteiger partial charge in [0, 0.05) is 55.4 Å². The molecule has 1 saturated carbocycles. The third-order valence-electron chi connectivity index (χ3n) is 9.59. The molecule has 8 nitrogen and oxygen atoms in total. The molecule has 7 atom stereocenters. The molecule has 2 unspecified atom stereocenters. The number of carbonyl (C=O) groups excluding carboxylic acids is 1. The van der Waals surface area contributed by atoms with Crippen molar-refractivity contribution in [3.63, 3.8) is 0 Å². The van der Waals surface area contributed by atoms with E-state index in [4.69, 9.17) is 22.1 Å². The molecule has 3 heterocycles. The van der Waals surface area contributed by atoms with Crippen molar-refractivity contribution in [1.82, 2.24) is 14.9 Å². The lowest BCUT2D eigenvalue weighted by Gasteiger charge is -2.40. The fraction of sp³-hybridized carbons (Fsp3) is 0.774. The van der Waals surface area contributed by atoms with Crippen molar-refractivity contribution < 1.29 is 17.9 Å². The van der Waals surface area contributed by atoms with Crippen LogP contribution in [-0.2, 0) is 19.6 Å². The van der Waals surface area contributed by atoms with Crippen LogP contribution in [0.25, 0.3) is 0 Å². The van der Waals surface area contributed by atoms with Gasteiger partial charge < -0.3 is 21.1 Å². The molecule has 41 heavy (non-hydrogen) atoms. The molecule has 3 aliphatic heterocycles. The standard InChI is InChI=1S/C29H45ClN4O4S.C2H6/c30-23-10-7-21(8-11-23)27(22-13-15-38-16-14-22)28(31)29(35)33-26-6-2-1-4-20(26)9-12-25-18-32-24-5-3-17-39(36,37)34(25)19-24;1-2/h7-8,10-11,20,22,24-28,32H,1-6,9,12-19,31H2,(H,33,35);1-2H3/t20-,24-,25+,26+,27?,28+;/m1./s1. The number of amides is 1. The third kappa shape index (κ3) is 8.45. The zero-order chi connectivity index (χ0) is 29.4. The summed E-state index contributed by atoms with van der Waals surface area (Å²) in [7, 11) is -3.20. The molecule has 2 bridgehead atoms. The predicted octanol–water partition coefficient (Wildman–Crippen LogP) is 4.42. The molecule has 4 aliphatic rings. The Kier molecular flexibility index (Phi) is 12.3. The van der Waals surface area contributed by atoms with Gasteiger partial charge in [-0.25, -0.2) is 8.42 Å². The second-order valence-corrected chi connectivity index (χ2v) is 14.6. The number of ether oxygens (including phenoxy) is 1. The van der Waals surface area contributed by atoms with Crippen LogP contribution < -0.4 is 16.4 Å². The molecular formula is C31H51ClN4O4S. The van der Waals surface area contributed by atoms with Crippen molar-refractivity contribution >= 4 is 27.5 Å². The van der Waals surface area contributed by atoms with Crippen molar-refractivity contribution in [3.05, 3.63) is 34.9 Å². The third-order valence-corrected chi connectivity index (χ3v) is 11.8.